The molecule has 0 saturated heterocycles. The maximum Gasteiger partial charge on any atom is 0.288 e. The fourth-order valence-electron chi connectivity index (χ4n) is 3.12. The molecule has 1 N–H and O–H groups in total. The molecule has 2 aromatic rings. The number of phenols is 1. The molecule has 28 heavy (non-hydrogen) atoms. The number of nitro benzene ring substituents is 1. The molecule has 7 heteroatoms. The van der Waals surface area contributed by atoms with Gasteiger partial charge in [-0.15, -0.1) is 0 Å². The number of hydrogen-bond acceptors (Lipinski definition) is 5. The Morgan fingerprint density at radius 3 is 2.32 bits per heavy atom. The first-order chi connectivity index (χ1) is 13.4. The van der Waals surface area contributed by atoms with Crippen LogP contribution >= 0.6 is 11.6 Å². The number of benzene rings is 2. The average Bonchev–Trinajstić information content (AvgIpc) is 2.67. The van der Waals surface area contributed by atoms with E-state index in [4.69, 9.17) is 16.3 Å². The number of rotatable bonds is 4. The highest BCUT2D eigenvalue weighted by molar-refractivity contribution is 6.32. The summed E-state index contributed by atoms with van der Waals surface area (Å²) in [6.07, 6.45) is 5.50. The highest BCUT2D eigenvalue weighted by atomic mass is 35.5. The molecule has 2 aromatic carbocycles. The van der Waals surface area contributed by atoms with Crippen molar-refractivity contribution < 1.29 is 19.6 Å². The van der Waals surface area contributed by atoms with Crippen LogP contribution in [0.15, 0.2) is 47.5 Å². The van der Waals surface area contributed by atoms with Crippen molar-refractivity contribution in [3.63, 3.8) is 0 Å². The minimum absolute atomic E-state index is 0.0320. The lowest BCUT2D eigenvalue weighted by molar-refractivity contribution is -0.384. The van der Waals surface area contributed by atoms with Crippen molar-refractivity contribution in [2.45, 2.75) is 19.3 Å². The second-order valence-corrected chi connectivity index (χ2v) is 6.83. The number of carbonyl (C=O) groups is 1. The highest BCUT2D eigenvalue weighted by Gasteiger charge is 2.21. The summed E-state index contributed by atoms with van der Waals surface area (Å²) in [4.78, 5) is 23.4. The number of hydrogen-bond donors (Lipinski definition) is 1. The first kappa shape index (κ1) is 19.6. The van der Waals surface area contributed by atoms with E-state index in [-0.39, 0.29) is 22.2 Å². The van der Waals surface area contributed by atoms with Crippen molar-refractivity contribution in [3.05, 3.63) is 73.8 Å². The zero-order valence-electron chi connectivity index (χ0n) is 15.1. The van der Waals surface area contributed by atoms with Crippen LogP contribution < -0.4 is 4.74 Å². The van der Waals surface area contributed by atoms with Crippen LogP contribution in [0.5, 0.6) is 11.5 Å². The molecule has 3 rings (SSSR count). The van der Waals surface area contributed by atoms with Gasteiger partial charge in [-0.05, 0) is 60.7 Å². The highest BCUT2D eigenvalue weighted by Crippen LogP contribution is 2.32. The number of phenolic OH excluding ortho intramolecular Hbond substituents is 1. The summed E-state index contributed by atoms with van der Waals surface area (Å²) in [5.41, 5.74) is 2.37. The van der Waals surface area contributed by atoms with Gasteiger partial charge in [0.1, 0.15) is 5.02 Å². The van der Waals surface area contributed by atoms with Gasteiger partial charge in [-0.2, -0.15) is 0 Å². The molecule has 1 saturated carbocycles. The first-order valence-corrected chi connectivity index (χ1v) is 9.03. The molecule has 0 aliphatic heterocycles. The smallest absolute Gasteiger partial charge is 0.288 e. The van der Waals surface area contributed by atoms with E-state index in [0.717, 1.165) is 12.0 Å². The molecule has 1 aliphatic carbocycles. The van der Waals surface area contributed by atoms with Crippen LogP contribution in [0, 0.1) is 10.1 Å². The van der Waals surface area contributed by atoms with Crippen molar-refractivity contribution in [1.29, 1.82) is 0 Å². The first-order valence-electron chi connectivity index (χ1n) is 8.66. The van der Waals surface area contributed by atoms with Gasteiger partial charge in [-0.25, -0.2) is 0 Å². The largest absolute Gasteiger partial charge is 0.504 e. The monoisotopic (exact) mass is 399 g/mol. The average molecular weight is 400 g/mol. The number of nitro groups is 1. The quantitative estimate of drug-likeness (QED) is 0.434. The Kier molecular flexibility index (Phi) is 5.80. The van der Waals surface area contributed by atoms with Gasteiger partial charge in [0, 0.05) is 17.2 Å². The molecule has 144 valence electrons. The van der Waals surface area contributed by atoms with Crippen molar-refractivity contribution in [2.75, 3.05) is 7.11 Å². The van der Waals surface area contributed by atoms with Crippen LogP contribution in [0.1, 0.15) is 30.4 Å². The third kappa shape index (κ3) is 4.23. The molecular formula is C21H18ClNO5. The fourth-order valence-corrected chi connectivity index (χ4v) is 3.31. The standard InChI is InChI=1S/C21H18ClNO5/c1-28-20-12-14(6-8-19(20)24)10-16-4-2-3-15(21(16)25)9-13-5-7-17(22)18(11-13)23(26)27/h5-12,24H,2-4H2,1H3/b15-9+,16-10+. The molecule has 0 amide bonds. The number of ether oxygens (including phenoxy) is 1. The van der Waals surface area contributed by atoms with E-state index in [1.54, 1.807) is 30.4 Å². The number of allylic oxidation sites excluding steroid dienone is 2. The molecule has 0 radical (unpaired) electrons. The lowest BCUT2D eigenvalue weighted by Gasteiger charge is -2.17. The second-order valence-electron chi connectivity index (χ2n) is 6.42. The van der Waals surface area contributed by atoms with Crippen LogP contribution in [0.3, 0.4) is 0 Å². The Morgan fingerprint density at radius 2 is 1.71 bits per heavy atom. The molecule has 0 aromatic heterocycles. The molecule has 1 aliphatic rings. The maximum atomic E-state index is 12.9. The van der Waals surface area contributed by atoms with Crippen LogP contribution in [0.4, 0.5) is 5.69 Å². The molecule has 1 fully saturated rings. The lowest BCUT2D eigenvalue weighted by Crippen LogP contribution is -2.12. The number of nitrogens with zero attached hydrogens (tertiary/aromatic N) is 1. The Hall–Kier alpha value is -3.12. The molecule has 6 nitrogen and oxygen atoms in total. The van der Waals surface area contributed by atoms with Crippen molar-refractivity contribution in [2.24, 2.45) is 0 Å². The van der Waals surface area contributed by atoms with Crippen molar-refractivity contribution >= 4 is 35.2 Å². The number of carbonyl (C=O) groups excluding carboxylic acids is 1. The van der Waals surface area contributed by atoms with E-state index in [1.165, 1.54) is 25.3 Å². The molecule has 0 bridgehead atoms. The van der Waals surface area contributed by atoms with Gasteiger partial charge in [0.25, 0.3) is 5.69 Å². The zero-order valence-corrected chi connectivity index (χ0v) is 15.9. The Bertz CT molecular complexity index is 1010. The summed E-state index contributed by atoms with van der Waals surface area (Å²) in [7, 11) is 1.46. The maximum absolute atomic E-state index is 12.9. The number of methoxy groups -OCH3 is 1. The summed E-state index contributed by atoms with van der Waals surface area (Å²) in [6, 6.07) is 9.36. The molecule has 0 unspecified atom stereocenters. The number of halogens is 1. The third-order valence-corrected chi connectivity index (χ3v) is 4.85. The number of aromatic hydroxyl groups is 1. The van der Waals surface area contributed by atoms with Crippen LogP contribution in [0.2, 0.25) is 5.02 Å². The molecular weight excluding hydrogens is 382 g/mol. The number of Topliss-reactive ketones (excluding diaryl/α,β-unsaturated/α-hetero) is 1. The summed E-state index contributed by atoms with van der Waals surface area (Å²) in [5.74, 6) is 0.280. The van der Waals surface area contributed by atoms with Crippen molar-refractivity contribution in [3.8, 4) is 11.5 Å². The second kappa shape index (κ2) is 8.27. The van der Waals surface area contributed by atoms with E-state index in [2.05, 4.69) is 0 Å². The van der Waals surface area contributed by atoms with E-state index >= 15 is 0 Å². The summed E-state index contributed by atoms with van der Waals surface area (Å²) in [5, 5.41) is 20.8. The van der Waals surface area contributed by atoms with Gasteiger partial charge < -0.3 is 9.84 Å². The van der Waals surface area contributed by atoms with E-state index in [1.807, 2.05) is 0 Å². The third-order valence-electron chi connectivity index (χ3n) is 4.53. The van der Waals surface area contributed by atoms with E-state index in [9.17, 15) is 20.0 Å². The topological polar surface area (TPSA) is 89.7 Å². The molecule has 0 atom stereocenters. The Morgan fingerprint density at radius 1 is 1.11 bits per heavy atom. The van der Waals surface area contributed by atoms with Crippen molar-refractivity contribution in [1.82, 2.24) is 0 Å². The zero-order chi connectivity index (χ0) is 20.3. The molecule has 0 spiro atoms. The van der Waals surface area contributed by atoms with Gasteiger partial charge >= 0.3 is 0 Å². The van der Waals surface area contributed by atoms with Crippen LogP contribution in [-0.4, -0.2) is 22.9 Å². The normalized spacial score (nSPS) is 17.1. The van der Waals surface area contributed by atoms with E-state index < -0.39 is 4.92 Å². The minimum Gasteiger partial charge on any atom is -0.504 e. The Balaban J connectivity index is 1.91. The number of ketones is 1. The SMILES string of the molecule is COc1cc(/C=C2\CCC/C(=C\c3ccc(Cl)c([N+](=O)[O-])c3)C2=O)ccc1O. The Labute approximate surface area is 166 Å². The van der Waals surface area contributed by atoms with Gasteiger partial charge in [0.15, 0.2) is 17.3 Å². The van der Waals surface area contributed by atoms with Gasteiger partial charge in [-0.1, -0.05) is 23.7 Å². The summed E-state index contributed by atoms with van der Waals surface area (Å²) < 4.78 is 5.10. The predicted molar refractivity (Wildman–Crippen MR) is 108 cm³/mol. The summed E-state index contributed by atoms with van der Waals surface area (Å²) >= 11 is 5.85. The van der Waals surface area contributed by atoms with E-state index in [0.29, 0.717) is 35.3 Å². The fraction of sp³-hybridized carbons (Fsp3) is 0.190. The van der Waals surface area contributed by atoms with Gasteiger partial charge in [0.05, 0.1) is 12.0 Å². The van der Waals surface area contributed by atoms with Gasteiger partial charge in [-0.3, -0.25) is 14.9 Å². The molecule has 0 heterocycles. The van der Waals surface area contributed by atoms with Gasteiger partial charge in [0.2, 0.25) is 0 Å². The van der Waals surface area contributed by atoms with Crippen LogP contribution in [0.25, 0.3) is 12.2 Å². The lowest BCUT2D eigenvalue weighted by atomic mass is 9.87. The summed E-state index contributed by atoms with van der Waals surface area (Å²) in [6.45, 7) is 0. The predicted octanol–water partition coefficient (Wildman–Crippen LogP) is 5.18. The minimum atomic E-state index is -0.545. The van der Waals surface area contributed by atoms with Crippen LogP contribution in [-0.2, 0) is 4.79 Å².